The minimum Gasteiger partial charge on any atom is -0.396 e. The van der Waals surface area contributed by atoms with E-state index in [2.05, 4.69) is 24.5 Å². The van der Waals surface area contributed by atoms with Crippen LogP contribution in [0.4, 0.5) is 9.18 Å². The maximum absolute atomic E-state index is 13.9. The number of nitrogens with one attached hydrogen (secondary N) is 2. The molecule has 1 unspecified atom stereocenters. The molecule has 1 fully saturated rings. The molecule has 1 aromatic rings. The van der Waals surface area contributed by atoms with Crippen molar-refractivity contribution in [2.45, 2.75) is 45.1 Å². The molecule has 4 nitrogen and oxygen atoms in total. The summed E-state index contributed by atoms with van der Waals surface area (Å²) in [6, 6.07) is 6.33. The molecule has 2 amide bonds. The number of hydrogen-bond acceptors (Lipinski definition) is 2. The standard InChI is InChI=1S/C18H27FN2O2/c1-13(2)11-14(7-10-22)12-20-17(23)21-18(8-9-18)15-5-3-4-6-16(15)19/h3-6,13-14,22H,7-12H2,1-2H3,(H2,20,21,23). The lowest BCUT2D eigenvalue weighted by molar-refractivity contribution is 0.221. The van der Waals surface area contributed by atoms with Crippen molar-refractivity contribution in [1.29, 1.82) is 0 Å². The molecule has 5 heteroatoms. The van der Waals surface area contributed by atoms with Crippen LogP contribution in [0.1, 0.15) is 45.1 Å². The lowest BCUT2D eigenvalue weighted by atomic mass is 9.94. The highest BCUT2D eigenvalue weighted by atomic mass is 19.1. The van der Waals surface area contributed by atoms with Crippen LogP contribution in [0.2, 0.25) is 0 Å². The van der Waals surface area contributed by atoms with Gasteiger partial charge in [-0.1, -0.05) is 32.0 Å². The average Bonchev–Trinajstić information content (AvgIpc) is 3.25. The van der Waals surface area contributed by atoms with Crippen LogP contribution < -0.4 is 10.6 Å². The van der Waals surface area contributed by atoms with Crippen LogP contribution >= 0.6 is 0 Å². The summed E-state index contributed by atoms with van der Waals surface area (Å²) in [5.41, 5.74) is 0.00387. The molecule has 0 aliphatic heterocycles. The molecule has 0 aromatic heterocycles. The van der Waals surface area contributed by atoms with E-state index in [4.69, 9.17) is 5.11 Å². The maximum atomic E-state index is 13.9. The van der Waals surface area contributed by atoms with Crippen molar-refractivity contribution in [3.05, 3.63) is 35.6 Å². The predicted molar refractivity (Wildman–Crippen MR) is 88.5 cm³/mol. The molecule has 0 saturated heterocycles. The second-order valence-corrected chi connectivity index (χ2v) is 6.90. The van der Waals surface area contributed by atoms with Crippen LogP contribution in [0.25, 0.3) is 0 Å². The molecule has 1 aromatic carbocycles. The number of halogens is 1. The Morgan fingerprint density at radius 1 is 1.35 bits per heavy atom. The quantitative estimate of drug-likeness (QED) is 0.688. The first-order chi connectivity index (χ1) is 11.0. The summed E-state index contributed by atoms with van der Waals surface area (Å²) in [6.45, 7) is 4.90. The van der Waals surface area contributed by atoms with Gasteiger partial charge in [0.25, 0.3) is 0 Å². The van der Waals surface area contributed by atoms with Crippen LogP contribution in [0.3, 0.4) is 0 Å². The summed E-state index contributed by atoms with van der Waals surface area (Å²) >= 11 is 0. The Balaban J connectivity index is 1.88. The van der Waals surface area contributed by atoms with Crippen LogP contribution in [0, 0.1) is 17.7 Å². The minimum atomic E-state index is -0.556. The van der Waals surface area contributed by atoms with E-state index in [0.29, 0.717) is 24.4 Å². The third-order valence-electron chi connectivity index (χ3n) is 4.39. The predicted octanol–water partition coefficient (Wildman–Crippen LogP) is 3.16. The number of hydrogen-bond donors (Lipinski definition) is 3. The summed E-state index contributed by atoms with van der Waals surface area (Å²) in [6.07, 6.45) is 3.15. The number of benzene rings is 1. The van der Waals surface area contributed by atoms with E-state index >= 15 is 0 Å². The lowest BCUT2D eigenvalue weighted by Crippen LogP contribution is -2.44. The molecular weight excluding hydrogens is 295 g/mol. The van der Waals surface area contributed by atoms with Gasteiger partial charge in [-0.25, -0.2) is 9.18 Å². The van der Waals surface area contributed by atoms with Crippen molar-refractivity contribution in [3.8, 4) is 0 Å². The fourth-order valence-corrected chi connectivity index (χ4v) is 3.09. The zero-order valence-electron chi connectivity index (χ0n) is 13.9. The van der Waals surface area contributed by atoms with Gasteiger partial charge in [0, 0.05) is 18.7 Å². The van der Waals surface area contributed by atoms with Gasteiger partial charge in [0.15, 0.2) is 0 Å². The zero-order chi connectivity index (χ0) is 16.9. The van der Waals surface area contributed by atoms with E-state index in [1.54, 1.807) is 18.2 Å². The fourth-order valence-electron chi connectivity index (χ4n) is 3.09. The first-order valence-electron chi connectivity index (χ1n) is 8.39. The zero-order valence-corrected chi connectivity index (χ0v) is 13.9. The summed E-state index contributed by atoms with van der Waals surface area (Å²) in [7, 11) is 0. The van der Waals surface area contributed by atoms with E-state index in [9.17, 15) is 9.18 Å². The van der Waals surface area contributed by atoms with Crippen LogP contribution in [0.15, 0.2) is 24.3 Å². The Labute approximate surface area is 137 Å². The smallest absolute Gasteiger partial charge is 0.315 e. The number of carbonyl (C=O) groups excluding carboxylic acids is 1. The van der Waals surface area contributed by atoms with Crippen molar-refractivity contribution in [1.82, 2.24) is 10.6 Å². The summed E-state index contributed by atoms with van der Waals surface area (Å²) < 4.78 is 13.9. The number of rotatable bonds is 8. The van der Waals surface area contributed by atoms with Crippen molar-refractivity contribution >= 4 is 6.03 Å². The molecule has 1 aliphatic carbocycles. The highest BCUT2D eigenvalue weighted by Crippen LogP contribution is 2.46. The third kappa shape index (κ3) is 4.93. The van der Waals surface area contributed by atoms with Crippen LogP contribution in [-0.4, -0.2) is 24.3 Å². The molecule has 0 bridgehead atoms. The van der Waals surface area contributed by atoms with Crippen LogP contribution in [0.5, 0.6) is 0 Å². The molecule has 0 radical (unpaired) electrons. The SMILES string of the molecule is CC(C)CC(CCO)CNC(=O)NC1(c2ccccc2F)CC1. The van der Waals surface area contributed by atoms with Crippen molar-refractivity contribution in [2.75, 3.05) is 13.2 Å². The average molecular weight is 322 g/mol. The van der Waals surface area contributed by atoms with E-state index in [1.165, 1.54) is 6.07 Å². The van der Waals surface area contributed by atoms with Crippen LogP contribution in [-0.2, 0) is 5.54 Å². The summed E-state index contributed by atoms with van der Waals surface area (Å²) in [5.74, 6) is 0.502. The van der Waals surface area contributed by atoms with Gasteiger partial charge in [-0.3, -0.25) is 0 Å². The van der Waals surface area contributed by atoms with Crippen molar-refractivity contribution in [3.63, 3.8) is 0 Å². The van der Waals surface area contributed by atoms with Gasteiger partial charge < -0.3 is 15.7 Å². The molecule has 1 atom stereocenters. The van der Waals surface area contributed by atoms with E-state index < -0.39 is 5.54 Å². The molecule has 0 spiro atoms. The van der Waals surface area contributed by atoms with Gasteiger partial charge >= 0.3 is 6.03 Å². The molecule has 0 heterocycles. The van der Waals surface area contributed by atoms with Crippen molar-refractivity contribution in [2.24, 2.45) is 11.8 Å². The maximum Gasteiger partial charge on any atom is 0.315 e. The number of aliphatic hydroxyl groups is 1. The minimum absolute atomic E-state index is 0.125. The first kappa shape index (κ1) is 17.7. The normalized spacial score (nSPS) is 16.9. The van der Waals surface area contributed by atoms with E-state index in [0.717, 1.165) is 19.3 Å². The Morgan fingerprint density at radius 2 is 2.04 bits per heavy atom. The second-order valence-electron chi connectivity index (χ2n) is 6.90. The van der Waals surface area contributed by atoms with E-state index in [-0.39, 0.29) is 24.4 Å². The fraction of sp³-hybridized carbons (Fsp3) is 0.611. The Bertz CT molecular complexity index is 530. The number of aliphatic hydroxyl groups excluding tert-OH is 1. The molecule has 1 saturated carbocycles. The molecule has 2 rings (SSSR count). The lowest BCUT2D eigenvalue weighted by Gasteiger charge is -2.22. The largest absolute Gasteiger partial charge is 0.396 e. The highest BCUT2D eigenvalue weighted by Gasteiger charge is 2.47. The van der Waals surface area contributed by atoms with Crippen molar-refractivity contribution < 1.29 is 14.3 Å². The van der Waals surface area contributed by atoms with Gasteiger partial charge in [-0.15, -0.1) is 0 Å². The second kappa shape index (κ2) is 7.77. The molecule has 23 heavy (non-hydrogen) atoms. The van der Waals surface area contributed by atoms with Gasteiger partial charge in [-0.2, -0.15) is 0 Å². The van der Waals surface area contributed by atoms with Gasteiger partial charge in [0.05, 0.1) is 5.54 Å². The monoisotopic (exact) mass is 322 g/mol. The summed E-state index contributed by atoms with van der Waals surface area (Å²) in [5, 5.41) is 14.9. The first-order valence-corrected chi connectivity index (χ1v) is 8.39. The number of carbonyl (C=O) groups is 1. The van der Waals surface area contributed by atoms with Gasteiger partial charge in [0.1, 0.15) is 5.82 Å². The number of amides is 2. The molecule has 128 valence electrons. The van der Waals surface area contributed by atoms with Gasteiger partial charge in [-0.05, 0) is 43.6 Å². The molecular formula is C18H27FN2O2. The third-order valence-corrected chi connectivity index (χ3v) is 4.39. The summed E-state index contributed by atoms with van der Waals surface area (Å²) in [4.78, 5) is 12.2. The Kier molecular flexibility index (Phi) is 5.99. The Morgan fingerprint density at radius 3 is 2.61 bits per heavy atom. The topological polar surface area (TPSA) is 61.4 Å². The highest BCUT2D eigenvalue weighted by molar-refractivity contribution is 5.75. The number of urea groups is 1. The van der Waals surface area contributed by atoms with E-state index in [1.807, 2.05) is 0 Å². The molecule has 1 aliphatic rings. The van der Waals surface area contributed by atoms with Gasteiger partial charge in [0.2, 0.25) is 0 Å². The Hall–Kier alpha value is -1.62. The molecule has 3 N–H and O–H groups in total.